The van der Waals surface area contributed by atoms with Gasteiger partial charge in [-0.1, -0.05) is 0 Å². The van der Waals surface area contributed by atoms with Gasteiger partial charge in [0.1, 0.15) is 0 Å². The minimum Gasteiger partial charge on any atom is -0.139 e. The van der Waals surface area contributed by atoms with Crippen LogP contribution in [-0.4, -0.2) is 15.4 Å². The maximum absolute atomic E-state index is 3.42. The van der Waals surface area contributed by atoms with Crippen molar-refractivity contribution in [3.05, 3.63) is 18.5 Å². The first-order valence-corrected chi connectivity index (χ1v) is 1.58. The van der Waals surface area contributed by atoms with E-state index in [1.807, 2.05) is 0 Å². The molecule has 0 saturated carbocycles. The smallest absolute Gasteiger partial charge is 0.0529 e. The van der Waals surface area contributed by atoms with Crippen molar-refractivity contribution in [1.29, 1.82) is 0 Å². The predicted octanol–water partition coefficient (Wildman–Crippen LogP) is 1.35. The normalized spacial score (nSPS) is 8.00. The Kier molecular flexibility index (Phi) is 0.774. The van der Waals surface area contributed by atoms with E-state index in [1.165, 1.54) is 0 Å². The Morgan fingerprint density at radius 1 is 1.17 bits per heavy atom. The van der Waals surface area contributed by atoms with Gasteiger partial charge in [-0.15, -0.1) is 10.2 Å². The second-order valence-electron chi connectivity index (χ2n) is 0.811. The lowest BCUT2D eigenvalue weighted by molar-refractivity contribution is 0.865. The van der Waals surface area contributed by atoms with Crippen LogP contribution < -0.4 is 0 Å². The first kappa shape index (κ1) is 3.21. The van der Waals surface area contributed by atoms with E-state index >= 15 is 0 Å². The summed E-state index contributed by atoms with van der Waals surface area (Å²) in [4.78, 5) is 0. The molecule has 0 bridgehead atoms. The number of rotatable bonds is 0. The highest BCUT2D eigenvalue weighted by Gasteiger charge is 1.60. The average Bonchev–Trinajstić information content (AvgIpc) is 1.72. The number of aromatic nitrogens is 3. The molecule has 6 heavy (non-hydrogen) atoms. The largest absolute Gasteiger partial charge is 0.139 e. The number of hydrogen-bond donors (Lipinski definition) is 0. The summed E-state index contributed by atoms with van der Waals surface area (Å²) in [5.41, 5.74) is 0. The van der Waals surface area contributed by atoms with Crippen molar-refractivity contribution in [2.75, 3.05) is 0 Å². The second-order valence-corrected chi connectivity index (χ2v) is 0.811. The fraction of sp³-hybridized carbons (Fsp3) is 0. The van der Waals surface area contributed by atoms with Gasteiger partial charge in [0.25, 0.3) is 0 Å². The molecule has 0 unspecified atom stereocenters. The molecular formula is C3H15N3. The number of nitrogens with zero attached hydrogens (tertiary/aromatic N) is 3. The summed E-state index contributed by atoms with van der Waals surface area (Å²) < 4.78 is 0. The minimum atomic E-state index is 0. The molecule has 3 nitrogen and oxygen atoms in total. The third-order valence-corrected chi connectivity index (χ3v) is 0.409. The molecule has 0 amide bonds. The van der Waals surface area contributed by atoms with Crippen molar-refractivity contribution < 1.29 is 8.56 Å². The Hall–Kier alpha value is -0.990. The fourth-order valence-corrected chi connectivity index (χ4v) is 0.205. The van der Waals surface area contributed by atoms with Crippen molar-refractivity contribution in [2.45, 2.75) is 0 Å². The van der Waals surface area contributed by atoms with Crippen LogP contribution in [0.4, 0.5) is 0 Å². The quantitative estimate of drug-likeness (QED) is 0.486. The molecule has 0 aliphatic carbocycles. The molecule has 1 aromatic rings. The zero-order valence-corrected chi connectivity index (χ0v) is 3.07. The highest BCUT2D eigenvalue weighted by atomic mass is 15.3. The third-order valence-electron chi connectivity index (χ3n) is 0.409. The molecule has 0 N–H and O–H groups in total. The molecule has 0 spiro atoms. The molecule has 0 aliphatic heterocycles. The van der Waals surface area contributed by atoms with Gasteiger partial charge in [0.2, 0.25) is 0 Å². The maximum Gasteiger partial charge on any atom is 0.0529 e. The molecule has 0 aromatic carbocycles. The first-order valence-electron chi connectivity index (χ1n) is 1.58. The Balaban J connectivity index is -0.0000000150. The van der Waals surface area contributed by atoms with Gasteiger partial charge in [0.05, 0.1) is 12.4 Å². The van der Waals surface area contributed by atoms with Crippen molar-refractivity contribution in [3.8, 4) is 0 Å². The van der Waals surface area contributed by atoms with Crippen molar-refractivity contribution in [3.63, 3.8) is 0 Å². The summed E-state index contributed by atoms with van der Waals surface area (Å²) in [6.45, 7) is 0. The van der Waals surface area contributed by atoms with E-state index in [2.05, 4.69) is 15.4 Å². The molecule has 0 aliphatic rings. The molecular weight excluding hydrogens is 78.1 g/mol. The highest BCUT2D eigenvalue weighted by Crippen LogP contribution is 1.61. The summed E-state index contributed by atoms with van der Waals surface area (Å²) in [5.74, 6) is 0. The molecule has 0 saturated heterocycles. The average molecular weight is 93.2 g/mol. The van der Waals surface area contributed by atoms with Crippen LogP contribution in [0.15, 0.2) is 18.5 Å². The van der Waals surface area contributed by atoms with Crippen LogP contribution >= 0.6 is 0 Å². The van der Waals surface area contributed by atoms with Gasteiger partial charge in [-0.05, 0) is 11.3 Å². The summed E-state index contributed by atoms with van der Waals surface area (Å²) in [5, 5.41) is 10.1. The summed E-state index contributed by atoms with van der Waals surface area (Å²) >= 11 is 0. The van der Waals surface area contributed by atoms with E-state index in [9.17, 15) is 0 Å². The highest BCUT2D eigenvalue weighted by molar-refractivity contribution is 4.69. The van der Waals surface area contributed by atoms with Crippen LogP contribution in [0.1, 0.15) is 8.56 Å². The zero-order valence-electron chi connectivity index (χ0n) is 3.07. The van der Waals surface area contributed by atoms with E-state index < -0.39 is 0 Å². The lowest BCUT2D eigenvalue weighted by Crippen LogP contribution is -1.78. The van der Waals surface area contributed by atoms with E-state index in [-0.39, 0.29) is 8.56 Å². The standard InChI is InChI=1S/C3H3N3.6H2/c1-2-4-6-5-3-1;;;;;;/h1-3H;6*1H. The van der Waals surface area contributed by atoms with E-state index in [0.29, 0.717) is 0 Å². The third kappa shape index (κ3) is 0.484. The van der Waals surface area contributed by atoms with Gasteiger partial charge in [0.15, 0.2) is 0 Å². The van der Waals surface area contributed by atoms with Gasteiger partial charge in [-0.25, -0.2) is 0 Å². The lowest BCUT2D eigenvalue weighted by Gasteiger charge is -1.68. The van der Waals surface area contributed by atoms with Crippen LogP contribution in [0.2, 0.25) is 0 Å². The molecule has 0 fully saturated rings. The summed E-state index contributed by atoms with van der Waals surface area (Å²) in [6.07, 6.45) is 3.15. The first-order chi connectivity index (χ1) is 3.00. The van der Waals surface area contributed by atoms with E-state index in [1.54, 1.807) is 18.5 Å². The van der Waals surface area contributed by atoms with Crippen molar-refractivity contribution in [2.24, 2.45) is 0 Å². The Morgan fingerprint density at radius 2 is 1.83 bits per heavy atom. The molecule has 3 heteroatoms. The van der Waals surface area contributed by atoms with Crippen LogP contribution in [0.3, 0.4) is 0 Å². The van der Waals surface area contributed by atoms with E-state index in [0.717, 1.165) is 0 Å². The summed E-state index contributed by atoms with van der Waals surface area (Å²) in [7, 11) is 0. The van der Waals surface area contributed by atoms with Gasteiger partial charge in [-0.3, -0.25) is 0 Å². The second kappa shape index (κ2) is 1.45. The van der Waals surface area contributed by atoms with Crippen LogP contribution in [0, 0.1) is 0 Å². The topological polar surface area (TPSA) is 38.7 Å². The molecule has 1 aromatic heterocycles. The van der Waals surface area contributed by atoms with Crippen LogP contribution in [0.25, 0.3) is 0 Å². The van der Waals surface area contributed by atoms with E-state index in [4.69, 9.17) is 0 Å². The maximum atomic E-state index is 3.42. The SMILES string of the molecule is [HH].[HH].[HH].[HH].[HH].[HH].c1cnnnc1. The van der Waals surface area contributed by atoms with Crippen molar-refractivity contribution >= 4 is 0 Å². The predicted molar refractivity (Wildman–Crippen MR) is 32.5 cm³/mol. The Labute approximate surface area is 43.9 Å². The Bertz CT molecular complexity index is 90.0. The lowest BCUT2D eigenvalue weighted by atomic mass is 10.7. The molecule has 0 atom stereocenters. The molecule has 42 valence electrons. The molecule has 1 rings (SSSR count). The van der Waals surface area contributed by atoms with Crippen LogP contribution in [0.5, 0.6) is 0 Å². The van der Waals surface area contributed by atoms with Crippen molar-refractivity contribution in [1.82, 2.24) is 15.4 Å². The molecule has 0 radical (unpaired) electrons. The Morgan fingerprint density at radius 3 is 2.00 bits per heavy atom. The monoisotopic (exact) mass is 93.1 g/mol. The molecule has 1 heterocycles. The van der Waals surface area contributed by atoms with Gasteiger partial charge < -0.3 is 0 Å². The zero-order chi connectivity index (χ0) is 4.24. The van der Waals surface area contributed by atoms with Crippen LogP contribution in [-0.2, 0) is 0 Å². The number of hydrogen-bond acceptors (Lipinski definition) is 3. The minimum absolute atomic E-state index is 0. The summed E-state index contributed by atoms with van der Waals surface area (Å²) in [6, 6.07) is 1.72. The van der Waals surface area contributed by atoms with Gasteiger partial charge in [0, 0.05) is 8.56 Å². The fourth-order valence-electron chi connectivity index (χ4n) is 0.205. The van der Waals surface area contributed by atoms with Gasteiger partial charge in [-0.2, -0.15) is 0 Å². The van der Waals surface area contributed by atoms with Gasteiger partial charge >= 0.3 is 0 Å².